The van der Waals surface area contributed by atoms with Crippen LogP contribution in [0.5, 0.6) is 0 Å². The Hall–Kier alpha value is -1.85. The first-order valence-corrected chi connectivity index (χ1v) is 9.60. The fourth-order valence-corrected chi connectivity index (χ4v) is 3.32. The number of halogens is 4. The van der Waals surface area contributed by atoms with E-state index in [9.17, 15) is 26.8 Å². The minimum Gasteiger partial charge on any atom is -0.480 e. The van der Waals surface area contributed by atoms with Crippen LogP contribution in [-0.2, 0) is 14.8 Å². The molecule has 0 bridgehead atoms. The zero-order chi connectivity index (χ0) is 19.6. The van der Waals surface area contributed by atoms with Crippen molar-refractivity contribution in [3.05, 3.63) is 23.0 Å². The lowest BCUT2D eigenvalue weighted by Crippen LogP contribution is -2.43. The minimum absolute atomic E-state index is 0.247. The number of carboxylic acids is 1. The Morgan fingerprint density at radius 1 is 1.35 bits per heavy atom. The van der Waals surface area contributed by atoms with Crippen LogP contribution in [0, 0.1) is 5.82 Å². The van der Waals surface area contributed by atoms with Gasteiger partial charge in [-0.3, -0.25) is 4.72 Å². The molecule has 1 heterocycles. The monoisotopic (exact) mass is 431 g/mol. The average Bonchev–Trinajstić information content (AvgIpc) is 2.94. The lowest BCUT2D eigenvalue weighted by atomic mass is 10.2. The van der Waals surface area contributed by atoms with Crippen LogP contribution >= 0.6 is 23.2 Å². The molecule has 144 valence electrons. The first kappa shape index (κ1) is 20.5. The lowest BCUT2D eigenvalue weighted by Gasteiger charge is -2.22. The average molecular weight is 432 g/mol. The fourth-order valence-electron chi connectivity index (χ4n) is 2.35. The highest BCUT2D eigenvalue weighted by Crippen LogP contribution is 2.30. The van der Waals surface area contributed by atoms with E-state index in [1.807, 2.05) is 4.72 Å². The third-order valence-electron chi connectivity index (χ3n) is 3.50. The van der Waals surface area contributed by atoms with Gasteiger partial charge in [0.05, 0.1) is 22.9 Å². The maximum atomic E-state index is 14.0. The van der Waals surface area contributed by atoms with Gasteiger partial charge in [0.1, 0.15) is 23.2 Å². The van der Waals surface area contributed by atoms with Crippen molar-refractivity contribution >= 4 is 56.6 Å². The molecule has 1 aliphatic heterocycles. The van der Waals surface area contributed by atoms with Crippen LogP contribution in [0.1, 0.15) is 6.42 Å². The zero-order valence-electron chi connectivity index (χ0n) is 12.9. The number of nitrogens with zero attached hydrogens (tertiary/aromatic N) is 1. The number of nitrogens with one attached hydrogen (secondary N) is 2. The normalized spacial score (nSPS) is 20.1. The second-order valence-corrected chi connectivity index (χ2v) is 8.12. The number of benzene rings is 1. The molecule has 0 unspecified atom stereocenters. The second-order valence-electron chi connectivity index (χ2n) is 5.41. The van der Waals surface area contributed by atoms with Crippen molar-refractivity contribution < 1.29 is 31.9 Å². The van der Waals surface area contributed by atoms with Gasteiger partial charge in [0.25, 0.3) is 0 Å². The molecular formula is C13H13Cl2F2N3O5S. The molecule has 0 saturated carbocycles. The molecule has 0 spiro atoms. The first-order chi connectivity index (χ1) is 12.0. The number of carbonyl (C=O) groups is 2. The van der Waals surface area contributed by atoms with E-state index in [1.54, 1.807) is 0 Å². The number of hydrogen-bond donors (Lipinski definition) is 3. The summed E-state index contributed by atoms with van der Waals surface area (Å²) in [6, 6.07) is -0.794. The van der Waals surface area contributed by atoms with Gasteiger partial charge in [-0.15, -0.1) is 11.6 Å². The highest BCUT2D eigenvalue weighted by atomic mass is 35.5. The molecule has 2 atom stereocenters. The van der Waals surface area contributed by atoms with Gasteiger partial charge in [0.2, 0.25) is 10.0 Å². The van der Waals surface area contributed by atoms with Crippen LogP contribution in [0.25, 0.3) is 0 Å². The van der Waals surface area contributed by atoms with Crippen LogP contribution in [0.2, 0.25) is 5.02 Å². The Balaban J connectivity index is 2.26. The maximum Gasteiger partial charge on any atom is 0.326 e. The molecule has 26 heavy (non-hydrogen) atoms. The number of likely N-dealkylation sites (tertiary alicyclic amines) is 1. The summed E-state index contributed by atoms with van der Waals surface area (Å²) >= 11 is 11.0. The van der Waals surface area contributed by atoms with Crippen molar-refractivity contribution in [1.29, 1.82) is 0 Å². The van der Waals surface area contributed by atoms with E-state index < -0.39 is 57.5 Å². The van der Waals surface area contributed by atoms with Gasteiger partial charge in [-0.2, -0.15) is 0 Å². The quantitative estimate of drug-likeness (QED) is 0.619. The summed E-state index contributed by atoms with van der Waals surface area (Å²) in [4.78, 5) is 24.0. The summed E-state index contributed by atoms with van der Waals surface area (Å²) in [7, 11) is -3.94. The number of hydrogen-bond acceptors (Lipinski definition) is 4. The molecule has 0 radical (unpaired) electrons. The third kappa shape index (κ3) is 4.65. The number of carboxylic acid groups (broad SMARTS) is 1. The molecule has 3 N–H and O–H groups in total. The van der Waals surface area contributed by atoms with Crippen LogP contribution < -0.4 is 10.0 Å². The Morgan fingerprint density at radius 2 is 2.00 bits per heavy atom. The molecule has 2 rings (SSSR count). The predicted molar refractivity (Wildman–Crippen MR) is 91.3 cm³/mol. The molecular weight excluding hydrogens is 419 g/mol. The van der Waals surface area contributed by atoms with Crippen LogP contribution in [0.15, 0.2) is 12.1 Å². The molecule has 1 aromatic carbocycles. The van der Waals surface area contributed by atoms with Gasteiger partial charge < -0.3 is 15.3 Å². The minimum atomic E-state index is -3.94. The highest BCUT2D eigenvalue weighted by molar-refractivity contribution is 7.93. The smallest absolute Gasteiger partial charge is 0.326 e. The fraction of sp³-hybridized carbons (Fsp3) is 0.385. The van der Waals surface area contributed by atoms with Crippen LogP contribution in [0.3, 0.4) is 0 Å². The molecule has 1 aliphatic rings. The summed E-state index contributed by atoms with van der Waals surface area (Å²) in [6.07, 6.45) is -1.91. The summed E-state index contributed by atoms with van der Waals surface area (Å²) in [5, 5.41) is 10.0. The van der Waals surface area contributed by atoms with Gasteiger partial charge in [0, 0.05) is 6.42 Å². The Kier molecular flexibility index (Phi) is 6.14. The summed E-state index contributed by atoms with van der Waals surface area (Å²) < 4.78 is 52.5. The van der Waals surface area contributed by atoms with Gasteiger partial charge in [-0.1, -0.05) is 11.6 Å². The number of anilines is 2. The van der Waals surface area contributed by atoms with Gasteiger partial charge in [0.15, 0.2) is 0 Å². The number of rotatable bonds is 5. The Morgan fingerprint density at radius 3 is 2.58 bits per heavy atom. The van der Waals surface area contributed by atoms with E-state index >= 15 is 0 Å². The van der Waals surface area contributed by atoms with Crippen molar-refractivity contribution in [1.82, 2.24) is 4.90 Å². The summed E-state index contributed by atoms with van der Waals surface area (Å²) in [5.41, 5.74) is -0.721. The zero-order valence-corrected chi connectivity index (χ0v) is 15.2. The predicted octanol–water partition coefficient (Wildman–Crippen LogP) is 2.45. The van der Waals surface area contributed by atoms with Crippen molar-refractivity contribution in [2.24, 2.45) is 0 Å². The molecule has 2 amide bonds. The highest BCUT2D eigenvalue weighted by Gasteiger charge is 2.40. The molecule has 1 fully saturated rings. The summed E-state index contributed by atoms with van der Waals surface area (Å²) in [5.74, 6) is -2.40. The topological polar surface area (TPSA) is 116 Å². The standard InChI is InChI=1S/C13H13Cl2F2N3O5S/c14-5-26(24,25)19-9-3-10(8(17)2-7(9)15)18-13(23)20-4-6(16)1-11(20)12(21)22/h2-3,6,11,19H,1,4-5H2,(H,18,23)(H,21,22)/t6-,11+/m0/s1. The van der Waals surface area contributed by atoms with E-state index in [-0.39, 0.29) is 17.1 Å². The lowest BCUT2D eigenvalue weighted by molar-refractivity contribution is -0.141. The number of amides is 2. The number of sulfonamides is 1. The molecule has 8 nitrogen and oxygen atoms in total. The van der Waals surface area contributed by atoms with E-state index in [0.717, 1.165) is 12.1 Å². The van der Waals surface area contributed by atoms with Gasteiger partial charge >= 0.3 is 12.0 Å². The van der Waals surface area contributed by atoms with Gasteiger partial charge in [-0.25, -0.2) is 26.8 Å². The van der Waals surface area contributed by atoms with Gasteiger partial charge in [-0.05, 0) is 12.1 Å². The Labute approximate surface area is 157 Å². The first-order valence-electron chi connectivity index (χ1n) is 7.04. The van der Waals surface area contributed by atoms with Crippen molar-refractivity contribution in [2.45, 2.75) is 18.6 Å². The Bertz CT molecular complexity index is 839. The molecule has 0 aliphatic carbocycles. The van der Waals surface area contributed by atoms with Crippen LogP contribution in [-0.4, -0.2) is 54.4 Å². The van der Waals surface area contributed by atoms with Crippen molar-refractivity contribution in [3.63, 3.8) is 0 Å². The molecule has 0 aromatic heterocycles. The van der Waals surface area contributed by atoms with E-state index in [2.05, 4.69) is 5.32 Å². The van der Waals surface area contributed by atoms with E-state index in [1.165, 1.54) is 0 Å². The van der Waals surface area contributed by atoms with Crippen molar-refractivity contribution in [3.8, 4) is 0 Å². The SMILES string of the molecule is O=C(O)[C@H]1C[C@H](F)CN1C(=O)Nc1cc(NS(=O)(=O)CCl)c(Cl)cc1F. The second kappa shape index (κ2) is 7.80. The third-order valence-corrected chi connectivity index (χ3v) is 5.50. The number of aliphatic carboxylic acids is 1. The van der Waals surface area contributed by atoms with Crippen LogP contribution in [0.4, 0.5) is 25.0 Å². The summed E-state index contributed by atoms with van der Waals surface area (Å²) in [6.45, 7) is -0.469. The maximum absolute atomic E-state index is 14.0. The van der Waals surface area contributed by atoms with E-state index in [4.69, 9.17) is 28.3 Å². The largest absolute Gasteiger partial charge is 0.480 e. The number of carbonyl (C=O) groups excluding carboxylic acids is 1. The molecule has 13 heteroatoms. The molecule has 1 aromatic rings. The number of alkyl halides is 2. The van der Waals surface area contributed by atoms with E-state index in [0.29, 0.717) is 4.90 Å². The number of urea groups is 1. The molecule has 1 saturated heterocycles. The van der Waals surface area contributed by atoms with Crippen molar-refractivity contribution in [2.75, 3.05) is 21.8 Å².